The van der Waals surface area contributed by atoms with Crippen molar-refractivity contribution < 1.29 is 14.3 Å². The Morgan fingerprint density at radius 3 is 2.71 bits per heavy atom. The van der Waals surface area contributed by atoms with Gasteiger partial charge in [0.15, 0.2) is 0 Å². The first-order chi connectivity index (χ1) is 11.7. The van der Waals surface area contributed by atoms with Gasteiger partial charge in [-0.15, -0.1) is 0 Å². The molecule has 0 spiro atoms. The van der Waals surface area contributed by atoms with Crippen LogP contribution in [0.2, 0.25) is 0 Å². The normalized spacial score (nSPS) is 15.8. The number of carbonyl (C=O) groups is 2. The van der Waals surface area contributed by atoms with Gasteiger partial charge in [-0.3, -0.25) is 14.6 Å². The van der Waals surface area contributed by atoms with Crippen LogP contribution in [0, 0.1) is 5.92 Å². The molecule has 1 aromatic carbocycles. The average Bonchev–Trinajstić information content (AvgIpc) is 2.65. The maximum Gasteiger partial charge on any atom is 0.308 e. The number of hydrogen-bond donors (Lipinski definition) is 0. The number of amides is 1. The van der Waals surface area contributed by atoms with Crippen LogP contribution >= 0.6 is 0 Å². The summed E-state index contributed by atoms with van der Waals surface area (Å²) < 4.78 is 4.77. The second kappa shape index (κ2) is 7.25. The van der Waals surface area contributed by atoms with Crippen molar-refractivity contribution in [2.24, 2.45) is 5.92 Å². The quantitative estimate of drug-likeness (QED) is 0.643. The minimum Gasteiger partial charge on any atom is -0.469 e. The van der Waals surface area contributed by atoms with Crippen molar-refractivity contribution in [3.8, 4) is 0 Å². The molecule has 1 aromatic heterocycles. The maximum absolute atomic E-state index is 12.4. The molecule has 1 amide bonds. The molecule has 5 heteroatoms. The fourth-order valence-electron chi connectivity index (χ4n) is 3.03. The molecule has 0 radical (unpaired) electrons. The first-order valence-electron chi connectivity index (χ1n) is 8.07. The van der Waals surface area contributed by atoms with Gasteiger partial charge in [0.25, 0.3) is 0 Å². The van der Waals surface area contributed by atoms with Crippen LogP contribution < -0.4 is 0 Å². The van der Waals surface area contributed by atoms with Crippen LogP contribution in [0.25, 0.3) is 17.0 Å². The molecule has 24 heavy (non-hydrogen) atoms. The third kappa shape index (κ3) is 3.45. The molecule has 0 aliphatic carbocycles. The van der Waals surface area contributed by atoms with E-state index < -0.39 is 0 Å². The standard InChI is InChI=1S/C19H20N2O3/c1-24-19(23)16-9-12-21(13-10-16)17(22)8-7-15-5-2-4-14-6-3-11-20-18(14)15/h2-8,11,16H,9-10,12-13H2,1H3/b8-7+. The SMILES string of the molecule is COC(=O)C1CCN(C(=O)/C=C/c2cccc3cccnc23)CC1. The Bertz CT molecular complexity index is 772. The highest BCUT2D eigenvalue weighted by atomic mass is 16.5. The molecule has 0 unspecified atom stereocenters. The monoisotopic (exact) mass is 324 g/mol. The Hall–Kier alpha value is -2.69. The van der Waals surface area contributed by atoms with Crippen molar-refractivity contribution in [3.63, 3.8) is 0 Å². The number of hydrogen-bond acceptors (Lipinski definition) is 4. The van der Waals surface area contributed by atoms with Gasteiger partial charge in [0.2, 0.25) is 5.91 Å². The van der Waals surface area contributed by atoms with Gasteiger partial charge in [-0.2, -0.15) is 0 Å². The molecule has 1 aliphatic heterocycles. The molecule has 0 bridgehead atoms. The van der Waals surface area contributed by atoms with E-state index in [0.717, 1.165) is 16.5 Å². The van der Waals surface area contributed by atoms with Gasteiger partial charge in [-0.05, 0) is 25.0 Å². The van der Waals surface area contributed by atoms with Gasteiger partial charge in [0, 0.05) is 36.3 Å². The highest BCUT2D eigenvalue weighted by Crippen LogP contribution is 2.20. The molecule has 1 aliphatic rings. The van der Waals surface area contributed by atoms with E-state index in [1.165, 1.54) is 7.11 Å². The van der Waals surface area contributed by atoms with Crippen molar-refractivity contribution in [1.82, 2.24) is 9.88 Å². The molecule has 0 N–H and O–H groups in total. The van der Waals surface area contributed by atoms with Crippen LogP contribution in [0.15, 0.2) is 42.6 Å². The molecule has 0 atom stereocenters. The number of rotatable bonds is 3. The molecular weight excluding hydrogens is 304 g/mol. The molecule has 124 valence electrons. The Morgan fingerprint density at radius 2 is 1.96 bits per heavy atom. The lowest BCUT2D eigenvalue weighted by Crippen LogP contribution is -2.39. The van der Waals surface area contributed by atoms with Crippen LogP contribution in [0.4, 0.5) is 0 Å². The second-order valence-electron chi connectivity index (χ2n) is 5.88. The lowest BCUT2D eigenvalue weighted by atomic mass is 9.97. The summed E-state index contributed by atoms with van der Waals surface area (Å²) in [6, 6.07) is 9.79. The van der Waals surface area contributed by atoms with Crippen molar-refractivity contribution in [2.45, 2.75) is 12.8 Å². The van der Waals surface area contributed by atoms with Gasteiger partial charge in [-0.1, -0.05) is 24.3 Å². The van der Waals surface area contributed by atoms with Crippen LogP contribution in [0.3, 0.4) is 0 Å². The first kappa shape index (κ1) is 16.2. The van der Waals surface area contributed by atoms with Crippen molar-refractivity contribution in [3.05, 3.63) is 48.2 Å². The Morgan fingerprint density at radius 1 is 1.21 bits per heavy atom. The van der Waals surface area contributed by atoms with Crippen molar-refractivity contribution in [2.75, 3.05) is 20.2 Å². The lowest BCUT2D eigenvalue weighted by Gasteiger charge is -2.29. The Labute approximate surface area is 140 Å². The number of likely N-dealkylation sites (tertiary alicyclic amines) is 1. The number of aromatic nitrogens is 1. The van der Waals surface area contributed by atoms with E-state index in [9.17, 15) is 9.59 Å². The van der Waals surface area contributed by atoms with Gasteiger partial charge in [0.05, 0.1) is 18.5 Å². The minimum atomic E-state index is -0.181. The lowest BCUT2D eigenvalue weighted by molar-refractivity contribution is -0.148. The van der Waals surface area contributed by atoms with E-state index in [1.807, 2.05) is 36.4 Å². The molecular formula is C19H20N2O3. The van der Waals surface area contributed by atoms with E-state index >= 15 is 0 Å². The second-order valence-corrected chi connectivity index (χ2v) is 5.88. The topological polar surface area (TPSA) is 59.5 Å². The molecule has 3 rings (SSSR count). The number of esters is 1. The zero-order valence-corrected chi connectivity index (χ0v) is 13.6. The first-order valence-corrected chi connectivity index (χ1v) is 8.07. The summed E-state index contributed by atoms with van der Waals surface area (Å²) in [6.07, 6.45) is 6.45. The minimum absolute atomic E-state index is 0.0359. The van der Waals surface area contributed by atoms with Crippen LogP contribution in [0.5, 0.6) is 0 Å². The zero-order chi connectivity index (χ0) is 16.9. The number of nitrogens with zero attached hydrogens (tertiary/aromatic N) is 2. The number of piperidine rings is 1. The zero-order valence-electron chi connectivity index (χ0n) is 13.6. The van der Waals surface area contributed by atoms with E-state index in [2.05, 4.69) is 4.98 Å². The third-order valence-corrected chi connectivity index (χ3v) is 4.41. The smallest absolute Gasteiger partial charge is 0.308 e. The summed E-state index contributed by atoms with van der Waals surface area (Å²) in [7, 11) is 1.40. The average molecular weight is 324 g/mol. The van der Waals surface area contributed by atoms with E-state index in [-0.39, 0.29) is 17.8 Å². The van der Waals surface area contributed by atoms with Crippen molar-refractivity contribution in [1.29, 1.82) is 0 Å². The predicted molar refractivity (Wildman–Crippen MR) is 92.1 cm³/mol. The van der Waals surface area contributed by atoms with Gasteiger partial charge in [0.1, 0.15) is 0 Å². The predicted octanol–water partition coefficient (Wildman–Crippen LogP) is 2.66. The fraction of sp³-hybridized carbons (Fsp3) is 0.316. The van der Waals surface area contributed by atoms with Crippen LogP contribution in [-0.2, 0) is 14.3 Å². The van der Waals surface area contributed by atoms with E-state index in [1.54, 1.807) is 17.2 Å². The van der Waals surface area contributed by atoms with Crippen LogP contribution in [-0.4, -0.2) is 42.0 Å². The Kier molecular flexibility index (Phi) is 4.89. The summed E-state index contributed by atoms with van der Waals surface area (Å²) in [5.74, 6) is -0.309. The number of methoxy groups -OCH3 is 1. The number of carbonyl (C=O) groups excluding carboxylic acids is 2. The Balaban J connectivity index is 1.67. The maximum atomic E-state index is 12.4. The van der Waals surface area contributed by atoms with Gasteiger partial charge in [-0.25, -0.2) is 0 Å². The molecule has 5 nitrogen and oxygen atoms in total. The number of ether oxygens (including phenoxy) is 1. The molecule has 0 saturated carbocycles. The number of pyridine rings is 1. The largest absolute Gasteiger partial charge is 0.469 e. The van der Waals surface area contributed by atoms with Crippen LogP contribution in [0.1, 0.15) is 18.4 Å². The summed E-state index contributed by atoms with van der Waals surface area (Å²) >= 11 is 0. The summed E-state index contributed by atoms with van der Waals surface area (Å²) in [5.41, 5.74) is 1.80. The van der Waals surface area contributed by atoms with Gasteiger partial charge >= 0.3 is 5.97 Å². The molecule has 2 heterocycles. The van der Waals surface area contributed by atoms with E-state index in [4.69, 9.17) is 4.74 Å². The number of para-hydroxylation sites is 1. The summed E-state index contributed by atoms with van der Waals surface area (Å²) in [6.45, 7) is 1.16. The fourth-order valence-corrected chi connectivity index (χ4v) is 3.03. The highest BCUT2D eigenvalue weighted by Gasteiger charge is 2.26. The highest BCUT2D eigenvalue weighted by molar-refractivity contribution is 5.95. The summed E-state index contributed by atoms with van der Waals surface area (Å²) in [5, 5.41) is 1.05. The summed E-state index contributed by atoms with van der Waals surface area (Å²) in [4.78, 5) is 30.0. The molecule has 1 saturated heterocycles. The number of benzene rings is 1. The van der Waals surface area contributed by atoms with Crippen molar-refractivity contribution >= 4 is 28.9 Å². The van der Waals surface area contributed by atoms with Gasteiger partial charge < -0.3 is 9.64 Å². The number of fused-ring (bicyclic) bond motifs is 1. The molecule has 2 aromatic rings. The van der Waals surface area contributed by atoms with E-state index in [0.29, 0.717) is 25.9 Å². The molecule has 1 fully saturated rings. The third-order valence-electron chi connectivity index (χ3n) is 4.41.